The van der Waals surface area contributed by atoms with Crippen molar-refractivity contribution in [3.63, 3.8) is 0 Å². The molecule has 0 bridgehead atoms. The van der Waals surface area contributed by atoms with Gasteiger partial charge in [0.2, 0.25) is 0 Å². The van der Waals surface area contributed by atoms with Gasteiger partial charge in [-0.3, -0.25) is 0 Å². The average Bonchev–Trinajstić information content (AvgIpc) is 2.41. The molecule has 1 aromatic heterocycles. The summed E-state index contributed by atoms with van der Waals surface area (Å²) in [6, 6.07) is 5.24. The summed E-state index contributed by atoms with van der Waals surface area (Å²) in [5.41, 5.74) is 0.875. The number of aryl methyl sites for hydroxylation is 1. The number of nitrogens with zero attached hydrogens (tertiary/aromatic N) is 2. The van der Waals surface area contributed by atoms with Crippen molar-refractivity contribution in [2.45, 2.75) is 20.5 Å². The Morgan fingerprint density at radius 3 is 2.67 bits per heavy atom. The number of ether oxygens (including phenoxy) is 1. The summed E-state index contributed by atoms with van der Waals surface area (Å²) >= 11 is 15.5. The minimum atomic E-state index is 0.220. The second kappa shape index (κ2) is 7.29. The number of benzene rings is 1. The molecule has 0 aliphatic carbocycles. The largest absolute Gasteiger partial charge is 0.484 e. The molecule has 4 nitrogen and oxygen atoms in total. The molecular weight excluding hydrogens is 377 g/mol. The highest BCUT2D eigenvalue weighted by molar-refractivity contribution is 9.10. The third-order valence-corrected chi connectivity index (χ3v) is 4.08. The van der Waals surface area contributed by atoms with Crippen molar-refractivity contribution < 1.29 is 4.74 Å². The van der Waals surface area contributed by atoms with Crippen LogP contribution in [0.25, 0.3) is 0 Å². The van der Waals surface area contributed by atoms with E-state index in [9.17, 15) is 0 Å². The number of rotatable bonds is 5. The number of hydrogen-bond acceptors (Lipinski definition) is 4. The normalized spacial score (nSPS) is 10.5. The van der Waals surface area contributed by atoms with Crippen LogP contribution in [0.2, 0.25) is 10.0 Å². The average molecular weight is 391 g/mol. The molecule has 0 aliphatic rings. The zero-order valence-electron chi connectivity index (χ0n) is 11.6. The van der Waals surface area contributed by atoms with Crippen LogP contribution in [0, 0.1) is 6.92 Å². The van der Waals surface area contributed by atoms with Gasteiger partial charge in [-0.25, -0.2) is 9.97 Å². The zero-order valence-corrected chi connectivity index (χ0v) is 14.7. The maximum Gasteiger partial charge on any atom is 0.168 e. The molecule has 0 amide bonds. The lowest BCUT2D eigenvalue weighted by atomic mass is 10.3. The highest BCUT2D eigenvalue weighted by Gasteiger charge is 2.09. The second-order valence-corrected chi connectivity index (χ2v) is 6.00. The minimum Gasteiger partial charge on any atom is -0.484 e. The van der Waals surface area contributed by atoms with E-state index in [1.165, 1.54) is 0 Å². The zero-order chi connectivity index (χ0) is 15.4. The van der Waals surface area contributed by atoms with Gasteiger partial charge >= 0.3 is 0 Å². The molecule has 0 atom stereocenters. The molecule has 0 spiro atoms. The van der Waals surface area contributed by atoms with Crippen LogP contribution in [0.5, 0.6) is 5.75 Å². The minimum absolute atomic E-state index is 0.220. The third-order valence-electron chi connectivity index (χ3n) is 2.59. The van der Waals surface area contributed by atoms with Crippen LogP contribution in [0.3, 0.4) is 0 Å². The smallest absolute Gasteiger partial charge is 0.168 e. The quantitative estimate of drug-likeness (QED) is 0.740. The van der Waals surface area contributed by atoms with E-state index >= 15 is 0 Å². The number of aromatic nitrogens is 2. The highest BCUT2D eigenvalue weighted by atomic mass is 79.9. The first-order valence-corrected chi connectivity index (χ1v) is 7.90. The number of anilines is 1. The van der Waals surface area contributed by atoms with Gasteiger partial charge in [0.05, 0.1) is 10.0 Å². The van der Waals surface area contributed by atoms with E-state index in [4.69, 9.17) is 27.9 Å². The van der Waals surface area contributed by atoms with Gasteiger partial charge in [-0.1, -0.05) is 23.2 Å². The van der Waals surface area contributed by atoms with Crippen molar-refractivity contribution in [2.24, 2.45) is 0 Å². The molecule has 0 fully saturated rings. The van der Waals surface area contributed by atoms with Gasteiger partial charge in [-0.05, 0) is 35.8 Å². The molecule has 0 aliphatic heterocycles. The van der Waals surface area contributed by atoms with Crippen LogP contribution in [0.15, 0.2) is 22.7 Å². The van der Waals surface area contributed by atoms with Crippen LogP contribution in [0.1, 0.15) is 18.4 Å². The first-order valence-electron chi connectivity index (χ1n) is 6.35. The van der Waals surface area contributed by atoms with Crippen LogP contribution < -0.4 is 10.1 Å². The number of hydrogen-bond donors (Lipinski definition) is 1. The van der Waals surface area contributed by atoms with E-state index in [2.05, 4.69) is 31.2 Å². The maximum atomic E-state index is 6.11. The Kier molecular flexibility index (Phi) is 5.67. The number of halogens is 3. The lowest BCUT2D eigenvalue weighted by Gasteiger charge is -2.10. The first-order chi connectivity index (χ1) is 9.99. The summed E-state index contributed by atoms with van der Waals surface area (Å²) in [6.45, 7) is 4.94. The summed E-state index contributed by atoms with van der Waals surface area (Å²) in [6.07, 6.45) is 0. The fourth-order valence-corrected chi connectivity index (χ4v) is 2.57. The van der Waals surface area contributed by atoms with Gasteiger partial charge in [-0.2, -0.15) is 0 Å². The Hall–Kier alpha value is -1.04. The summed E-state index contributed by atoms with van der Waals surface area (Å²) in [4.78, 5) is 8.71. The van der Waals surface area contributed by atoms with Crippen molar-refractivity contribution in [3.8, 4) is 5.75 Å². The third kappa shape index (κ3) is 4.46. The van der Waals surface area contributed by atoms with E-state index in [0.717, 1.165) is 22.5 Å². The molecule has 7 heteroatoms. The second-order valence-electron chi connectivity index (χ2n) is 4.33. The van der Waals surface area contributed by atoms with Crippen molar-refractivity contribution in [1.82, 2.24) is 9.97 Å². The molecule has 2 aromatic rings. The van der Waals surface area contributed by atoms with Crippen molar-refractivity contribution in [1.29, 1.82) is 0 Å². The summed E-state index contributed by atoms with van der Waals surface area (Å²) in [7, 11) is 0. The van der Waals surface area contributed by atoms with Crippen molar-refractivity contribution in [3.05, 3.63) is 44.2 Å². The van der Waals surface area contributed by atoms with E-state index in [1.54, 1.807) is 12.1 Å². The molecule has 0 radical (unpaired) electrons. The van der Waals surface area contributed by atoms with Gasteiger partial charge < -0.3 is 10.1 Å². The van der Waals surface area contributed by atoms with E-state index in [0.29, 0.717) is 21.6 Å². The topological polar surface area (TPSA) is 47.0 Å². The predicted octanol–water partition coefficient (Wildman–Crippen LogP) is 4.87. The van der Waals surface area contributed by atoms with Crippen LogP contribution in [-0.4, -0.2) is 16.5 Å². The first kappa shape index (κ1) is 16.3. The molecule has 21 heavy (non-hydrogen) atoms. The van der Waals surface area contributed by atoms with E-state index in [1.807, 2.05) is 19.9 Å². The van der Waals surface area contributed by atoms with Gasteiger partial charge in [0.25, 0.3) is 0 Å². The molecule has 2 rings (SSSR count). The Bertz CT molecular complexity index is 652. The predicted molar refractivity (Wildman–Crippen MR) is 89.4 cm³/mol. The van der Waals surface area contributed by atoms with E-state index in [-0.39, 0.29) is 6.61 Å². The Morgan fingerprint density at radius 1 is 1.19 bits per heavy atom. The van der Waals surface area contributed by atoms with Gasteiger partial charge in [0.15, 0.2) is 5.82 Å². The van der Waals surface area contributed by atoms with Crippen molar-refractivity contribution >= 4 is 44.9 Å². The van der Waals surface area contributed by atoms with Crippen LogP contribution in [-0.2, 0) is 6.61 Å². The van der Waals surface area contributed by atoms with Crippen LogP contribution in [0.4, 0.5) is 5.82 Å². The molecule has 0 saturated heterocycles. The van der Waals surface area contributed by atoms with Gasteiger partial charge in [-0.15, -0.1) is 0 Å². The molecule has 1 aromatic carbocycles. The fraction of sp³-hybridized carbons (Fsp3) is 0.286. The summed E-state index contributed by atoms with van der Waals surface area (Å²) in [5, 5.41) is 4.17. The van der Waals surface area contributed by atoms with Crippen molar-refractivity contribution in [2.75, 3.05) is 11.9 Å². The fourth-order valence-electron chi connectivity index (χ4n) is 1.72. The van der Waals surface area contributed by atoms with Gasteiger partial charge in [0, 0.05) is 28.8 Å². The van der Waals surface area contributed by atoms with Gasteiger partial charge in [0.1, 0.15) is 18.2 Å². The Balaban J connectivity index is 2.14. The SMILES string of the molecule is CCNc1cc(C)nc(COc2cc(Cl)c(Br)cc2Cl)n1. The molecule has 1 N–H and O–H groups in total. The summed E-state index contributed by atoms with van der Waals surface area (Å²) in [5.74, 6) is 1.87. The Morgan fingerprint density at radius 2 is 1.95 bits per heavy atom. The number of nitrogens with one attached hydrogen (secondary N) is 1. The molecule has 0 unspecified atom stereocenters. The van der Waals surface area contributed by atoms with Crippen LogP contribution >= 0.6 is 39.1 Å². The monoisotopic (exact) mass is 389 g/mol. The molecule has 0 saturated carbocycles. The summed E-state index contributed by atoms with van der Waals surface area (Å²) < 4.78 is 6.38. The highest BCUT2D eigenvalue weighted by Crippen LogP contribution is 2.34. The molecule has 112 valence electrons. The lowest BCUT2D eigenvalue weighted by molar-refractivity contribution is 0.296. The van der Waals surface area contributed by atoms with E-state index < -0.39 is 0 Å². The maximum absolute atomic E-state index is 6.11. The standard InChI is InChI=1S/C14H14BrCl2N3O/c1-3-18-13-4-8(2)19-14(20-13)7-21-12-6-10(16)9(15)5-11(12)17/h4-6H,3,7H2,1-2H3,(H,18,19,20). The lowest BCUT2D eigenvalue weighted by Crippen LogP contribution is -2.07. The Labute approximate surface area is 142 Å². The molecule has 1 heterocycles. The molecular formula is C14H14BrCl2N3O.